The van der Waals surface area contributed by atoms with Crippen LogP contribution < -0.4 is 15.3 Å². The van der Waals surface area contributed by atoms with Crippen LogP contribution in [0.5, 0.6) is 0 Å². The van der Waals surface area contributed by atoms with E-state index >= 15 is 0 Å². The van der Waals surface area contributed by atoms with Crippen molar-refractivity contribution in [2.75, 3.05) is 4.90 Å². The van der Waals surface area contributed by atoms with E-state index in [1.165, 1.54) is 54.2 Å². The molecule has 0 saturated carbocycles. The zero-order valence-electron chi connectivity index (χ0n) is 28.9. The first-order valence-corrected chi connectivity index (χ1v) is 20.9. The van der Waals surface area contributed by atoms with Gasteiger partial charge in [0.05, 0.1) is 0 Å². The van der Waals surface area contributed by atoms with Crippen molar-refractivity contribution in [2.45, 2.75) is 13.1 Å². The quantitative estimate of drug-likeness (QED) is 0.173. The Hall–Kier alpha value is -6.36. The number of nitrogens with zero attached hydrogens (tertiary/aromatic N) is 1. The Morgan fingerprint density at radius 3 is 1.96 bits per heavy atom. The Morgan fingerprint density at radius 2 is 1.08 bits per heavy atom. The molecule has 1 aliphatic heterocycles. The van der Waals surface area contributed by atoms with Gasteiger partial charge in [-0.2, -0.15) is 0 Å². The minimum Gasteiger partial charge on any atom is -0.456 e. The van der Waals surface area contributed by atoms with E-state index in [-0.39, 0.29) is 0 Å². The number of rotatable bonds is 4. The molecule has 4 heteroatoms. The van der Waals surface area contributed by atoms with E-state index in [2.05, 4.69) is 170 Å². The van der Waals surface area contributed by atoms with Crippen molar-refractivity contribution in [2.24, 2.45) is 0 Å². The first-order valence-electron chi connectivity index (χ1n) is 17.9. The number of anilines is 3. The summed E-state index contributed by atoms with van der Waals surface area (Å²) in [5.74, 6) is 0. The number of fused-ring (bicyclic) bond motifs is 11. The van der Waals surface area contributed by atoms with Gasteiger partial charge >= 0.3 is 0 Å². The molecule has 3 heterocycles. The molecule has 10 aromatic rings. The van der Waals surface area contributed by atoms with Gasteiger partial charge in [0.1, 0.15) is 30.4 Å². The zero-order chi connectivity index (χ0) is 34.6. The number of hydrogen-bond donors (Lipinski definition) is 0. The summed E-state index contributed by atoms with van der Waals surface area (Å²) < 4.78 is 12.6. The summed E-state index contributed by atoms with van der Waals surface area (Å²) >= 11 is 0. The Bertz CT molecular complexity index is 3080. The van der Waals surface area contributed by atoms with Gasteiger partial charge in [0.2, 0.25) is 0 Å². The monoisotopic (exact) mass is 683 g/mol. The van der Waals surface area contributed by atoms with Crippen LogP contribution in [0.3, 0.4) is 0 Å². The molecule has 11 rings (SSSR count). The maximum absolute atomic E-state index is 6.37. The molecule has 246 valence electrons. The molecule has 0 unspecified atom stereocenters. The predicted octanol–water partition coefficient (Wildman–Crippen LogP) is 12.6. The SMILES string of the molecule is C[Si]1(C)c2cc(N(c3cccc(-c4ccc5ccccc5c4)c3)c3ccc4oc5ccccc5c4c3)ccc2-c2c1ccc1oc3ccccc3c21. The topological polar surface area (TPSA) is 29.5 Å². The minimum absolute atomic E-state index is 0.893. The van der Waals surface area contributed by atoms with Crippen molar-refractivity contribution < 1.29 is 8.83 Å². The second-order valence-electron chi connectivity index (χ2n) is 14.5. The van der Waals surface area contributed by atoms with Crippen molar-refractivity contribution in [1.29, 1.82) is 0 Å². The fourth-order valence-electron chi connectivity index (χ4n) is 8.66. The standard InChI is InChI=1S/C48H33NO2Si/c1-52(2)45-25-24-44-47(38-15-6-8-17-42(38)51-44)48(45)39-22-20-36(29-46(39)52)49(35-21-23-43-40(28-35)37-14-5-7-16-41(37)50-43)34-13-9-12-32(27-34)33-19-18-30-10-3-4-11-31(30)26-33/h3-29H,1-2H3. The van der Waals surface area contributed by atoms with Crippen molar-refractivity contribution in [1.82, 2.24) is 0 Å². The second kappa shape index (κ2) is 10.8. The van der Waals surface area contributed by atoms with Gasteiger partial charge in [0.15, 0.2) is 0 Å². The number of para-hydroxylation sites is 2. The minimum atomic E-state index is -2.08. The smallest absolute Gasteiger partial charge is 0.136 e. The molecule has 0 aliphatic carbocycles. The molecule has 8 aromatic carbocycles. The Balaban J connectivity index is 1.12. The summed E-state index contributed by atoms with van der Waals surface area (Å²) in [5.41, 5.74) is 12.1. The highest BCUT2D eigenvalue weighted by Gasteiger charge is 2.39. The van der Waals surface area contributed by atoms with Crippen LogP contribution in [-0.2, 0) is 0 Å². The maximum Gasteiger partial charge on any atom is 0.136 e. The molecule has 0 N–H and O–H groups in total. The number of furan rings is 2. The van der Waals surface area contributed by atoms with Crippen LogP contribution in [0.15, 0.2) is 173 Å². The van der Waals surface area contributed by atoms with E-state index in [1.54, 1.807) is 0 Å². The molecule has 0 atom stereocenters. The van der Waals surface area contributed by atoms with Gasteiger partial charge in [0, 0.05) is 38.6 Å². The summed E-state index contributed by atoms with van der Waals surface area (Å²) in [6.07, 6.45) is 0. The van der Waals surface area contributed by atoms with E-state index in [1.807, 2.05) is 12.1 Å². The van der Waals surface area contributed by atoms with Crippen molar-refractivity contribution >= 4 is 90.2 Å². The predicted molar refractivity (Wildman–Crippen MR) is 221 cm³/mol. The first kappa shape index (κ1) is 29.4. The van der Waals surface area contributed by atoms with Crippen LogP contribution in [0.4, 0.5) is 17.1 Å². The summed E-state index contributed by atoms with van der Waals surface area (Å²) in [6.45, 7) is 4.98. The molecule has 0 amide bonds. The third kappa shape index (κ3) is 4.25. The van der Waals surface area contributed by atoms with Crippen LogP contribution in [-0.4, -0.2) is 8.07 Å². The molecule has 0 fully saturated rings. The van der Waals surface area contributed by atoms with Crippen LogP contribution >= 0.6 is 0 Å². The molecule has 1 aliphatic rings. The van der Waals surface area contributed by atoms with Crippen molar-refractivity contribution in [3.05, 3.63) is 164 Å². The van der Waals surface area contributed by atoms with Gasteiger partial charge < -0.3 is 13.7 Å². The van der Waals surface area contributed by atoms with Crippen molar-refractivity contribution in [3.8, 4) is 22.3 Å². The van der Waals surface area contributed by atoms with Gasteiger partial charge in [-0.3, -0.25) is 0 Å². The Kier molecular flexibility index (Phi) is 6.11. The van der Waals surface area contributed by atoms with Gasteiger partial charge in [-0.05, 0) is 110 Å². The Morgan fingerprint density at radius 1 is 0.423 bits per heavy atom. The largest absolute Gasteiger partial charge is 0.456 e. The van der Waals surface area contributed by atoms with Crippen LogP contribution in [0, 0.1) is 0 Å². The lowest BCUT2D eigenvalue weighted by atomic mass is 9.98. The highest BCUT2D eigenvalue weighted by atomic mass is 28.3. The lowest BCUT2D eigenvalue weighted by molar-refractivity contribution is 0.668. The van der Waals surface area contributed by atoms with Crippen LogP contribution in [0.1, 0.15) is 0 Å². The molecule has 0 saturated heterocycles. The van der Waals surface area contributed by atoms with E-state index in [4.69, 9.17) is 8.83 Å². The fourth-order valence-corrected chi connectivity index (χ4v) is 11.7. The molecule has 2 aromatic heterocycles. The average molecular weight is 684 g/mol. The summed E-state index contributed by atoms with van der Waals surface area (Å²) in [4.78, 5) is 2.42. The van der Waals surface area contributed by atoms with Crippen molar-refractivity contribution in [3.63, 3.8) is 0 Å². The third-order valence-corrected chi connectivity index (χ3v) is 14.8. The summed E-state index contributed by atoms with van der Waals surface area (Å²) in [5, 5.41) is 10.1. The molecule has 0 radical (unpaired) electrons. The van der Waals surface area contributed by atoms with Gasteiger partial charge in [-0.25, -0.2) is 0 Å². The molecule has 3 nitrogen and oxygen atoms in total. The molecule has 0 spiro atoms. The number of benzene rings is 8. The van der Waals surface area contributed by atoms with Gasteiger partial charge in [0.25, 0.3) is 0 Å². The molecular weight excluding hydrogens is 651 g/mol. The Labute approximate surface area is 302 Å². The van der Waals surface area contributed by atoms with E-state index in [0.29, 0.717) is 0 Å². The lowest BCUT2D eigenvalue weighted by Gasteiger charge is -2.28. The highest BCUT2D eigenvalue weighted by Crippen LogP contribution is 2.44. The van der Waals surface area contributed by atoms with Gasteiger partial charge in [-0.1, -0.05) is 110 Å². The third-order valence-electron chi connectivity index (χ3n) is 11.2. The second-order valence-corrected chi connectivity index (χ2v) is 18.9. The lowest BCUT2D eigenvalue weighted by Crippen LogP contribution is -2.49. The molecule has 52 heavy (non-hydrogen) atoms. The van der Waals surface area contributed by atoms with E-state index in [0.717, 1.165) is 50.2 Å². The summed E-state index contributed by atoms with van der Waals surface area (Å²) in [7, 11) is -2.08. The van der Waals surface area contributed by atoms with E-state index in [9.17, 15) is 0 Å². The van der Waals surface area contributed by atoms with Crippen LogP contribution in [0.25, 0.3) is 76.9 Å². The maximum atomic E-state index is 6.37. The molecule has 0 bridgehead atoms. The average Bonchev–Trinajstić information content (AvgIpc) is 3.82. The fraction of sp³-hybridized carbons (Fsp3) is 0.0417. The highest BCUT2D eigenvalue weighted by molar-refractivity contribution is 7.04. The van der Waals surface area contributed by atoms with Gasteiger partial charge in [-0.15, -0.1) is 0 Å². The summed E-state index contributed by atoms with van der Waals surface area (Å²) in [6, 6.07) is 59.3. The molecular formula is C48H33NO2Si. The van der Waals surface area contributed by atoms with Crippen LogP contribution in [0.2, 0.25) is 13.1 Å². The van der Waals surface area contributed by atoms with E-state index < -0.39 is 8.07 Å². The first-order chi connectivity index (χ1) is 25.5. The normalized spacial score (nSPS) is 13.3. The zero-order valence-corrected chi connectivity index (χ0v) is 29.9. The number of hydrogen-bond acceptors (Lipinski definition) is 3.